The van der Waals surface area contributed by atoms with Gasteiger partial charge in [-0.3, -0.25) is 9.59 Å². The molecule has 0 radical (unpaired) electrons. The summed E-state index contributed by atoms with van der Waals surface area (Å²) in [6.07, 6.45) is 1.87. The van der Waals surface area contributed by atoms with Gasteiger partial charge in [0.1, 0.15) is 11.5 Å². The van der Waals surface area contributed by atoms with Gasteiger partial charge in [-0.15, -0.1) is 0 Å². The van der Waals surface area contributed by atoms with Gasteiger partial charge in [-0.2, -0.15) is 0 Å². The van der Waals surface area contributed by atoms with E-state index in [1.807, 2.05) is 25.1 Å². The smallest absolute Gasteiger partial charge is 0.233 e. The zero-order valence-electron chi connectivity index (χ0n) is 14.9. The topological polar surface area (TPSA) is 68.3 Å². The monoisotopic (exact) mass is 358 g/mol. The number of hydrogen-bond donors (Lipinski definition) is 1. The number of ketones is 1. The van der Waals surface area contributed by atoms with Crippen molar-refractivity contribution in [1.29, 1.82) is 0 Å². The fourth-order valence-electron chi connectivity index (χ4n) is 4.66. The summed E-state index contributed by atoms with van der Waals surface area (Å²) >= 11 is 1.43. The molecule has 2 aliphatic carbocycles. The lowest BCUT2D eigenvalue weighted by molar-refractivity contribution is -0.131. The van der Waals surface area contributed by atoms with Crippen molar-refractivity contribution in [2.24, 2.45) is 16.2 Å². The maximum Gasteiger partial charge on any atom is 0.233 e. The number of nitrogens with one attached hydrogen (secondary N) is 1. The highest BCUT2D eigenvalue weighted by molar-refractivity contribution is 7.22. The standard InChI is InChI=1S/C19H22N2O3S/c1-17(2)18(3)7-8-19(17,10-14(18)22)15(23)21-16-20-12-6-5-11(24-4)9-13(12)25-16/h5-6,9H,7-8,10H2,1-4H3,(H,20,21,23)/t18-,19+/m0/s1. The molecule has 2 fully saturated rings. The number of carbonyl (C=O) groups excluding carboxylic acids is 2. The van der Waals surface area contributed by atoms with E-state index < -0.39 is 10.8 Å². The van der Waals surface area contributed by atoms with Crippen molar-refractivity contribution < 1.29 is 14.3 Å². The van der Waals surface area contributed by atoms with Crippen molar-refractivity contribution in [1.82, 2.24) is 4.98 Å². The molecule has 25 heavy (non-hydrogen) atoms. The molecule has 2 atom stereocenters. The number of nitrogens with zero attached hydrogens (tertiary/aromatic N) is 1. The Kier molecular flexibility index (Phi) is 3.33. The molecule has 0 spiro atoms. The highest BCUT2D eigenvalue weighted by atomic mass is 32.1. The third-order valence-electron chi connectivity index (χ3n) is 6.96. The van der Waals surface area contributed by atoms with Crippen LogP contribution in [0, 0.1) is 16.2 Å². The van der Waals surface area contributed by atoms with Gasteiger partial charge in [0.25, 0.3) is 0 Å². The molecule has 0 saturated heterocycles. The maximum absolute atomic E-state index is 13.2. The van der Waals surface area contributed by atoms with E-state index in [1.54, 1.807) is 7.11 Å². The van der Waals surface area contributed by atoms with Crippen molar-refractivity contribution in [3.05, 3.63) is 18.2 Å². The van der Waals surface area contributed by atoms with Gasteiger partial charge in [0.2, 0.25) is 5.91 Å². The van der Waals surface area contributed by atoms with Crippen molar-refractivity contribution >= 4 is 38.4 Å². The fraction of sp³-hybridized carbons (Fsp3) is 0.526. The van der Waals surface area contributed by atoms with Crippen molar-refractivity contribution in [3.8, 4) is 5.75 Å². The summed E-state index contributed by atoms with van der Waals surface area (Å²) in [7, 11) is 1.63. The van der Waals surface area contributed by atoms with E-state index in [0.717, 1.165) is 28.8 Å². The zero-order valence-corrected chi connectivity index (χ0v) is 15.8. The molecule has 132 valence electrons. The first kappa shape index (κ1) is 16.5. The van der Waals surface area contributed by atoms with Crippen molar-refractivity contribution in [2.75, 3.05) is 12.4 Å². The zero-order chi connectivity index (χ0) is 18.0. The molecule has 2 bridgehead atoms. The van der Waals surface area contributed by atoms with Crippen LogP contribution in [0.2, 0.25) is 0 Å². The Morgan fingerprint density at radius 1 is 1.28 bits per heavy atom. The lowest BCUT2D eigenvalue weighted by atomic mass is 9.64. The van der Waals surface area contributed by atoms with Crippen molar-refractivity contribution in [2.45, 2.75) is 40.0 Å². The number of benzene rings is 1. The minimum Gasteiger partial charge on any atom is -0.497 e. The number of thiazole rings is 1. The lowest BCUT2D eigenvalue weighted by Gasteiger charge is -2.38. The van der Waals surface area contributed by atoms with Gasteiger partial charge < -0.3 is 10.1 Å². The summed E-state index contributed by atoms with van der Waals surface area (Å²) in [5, 5.41) is 3.57. The molecule has 1 amide bonds. The average Bonchev–Trinajstić information content (AvgIpc) is 3.10. The largest absolute Gasteiger partial charge is 0.497 e. The normalized spacial score (nSPS) is 30.0. The molecule has 6 heteroatoms. The molecule has 1 aromatic heterocycles. The number of fused-ring (bicyclic) bond motifs is 3. The second kappa shape index (κ2) is 5.04. The van der Waals surface area contributed by atoms with Gasteiger partial charge in [0.05, 0.1) is 22.7 Å². The second-order valence-electron chi connectivity index (χ2n) is 7.95. The summed E-state index contributed by atoms with van der Waals surface area (Å²) in [4.78, 5) is 30.2. The molecule has 2 aromatic rings. The molecule has 1 N–H and O–H groups in total. The lowest BCUT2D eigenvalue weighted by Crippen LogP contribution is -2.43. The number of aromatic nitrogens is 1. The van der Waals surface area contributed by atoms with Crippen LogP contribution in [0.25, 0.3) is 10.2 Å². The Balaban J connectivity index is 1.66. The van der Waals surface area contributed by atoms with Gasteiger partial charge in [0, 0.05) is 11.8 Å². The first-order chi connectivity index (χ1) is 11.7. The number of amides is 1. The number of methoxy groups -OCH3 is 1. The second-order valence-corrected chi connectivity index (χ2v) is 8.98. The number of carbonyl (C=O) groups is 2. The highest BCUT2D eigenvalue weighted by Crippen LogP contribution is 2.70. The molecular formula is C19H22N2O3S. The number of rotatable bonds is 3. The van der Waals surface area contributed by atoms with Gasteiger partial charge in [-0.05, 0) is 36.5 Å². The summed E-state index contributed by atoms with van der Waals surface area (Å²) in [5.74, 6) is 0.910. The number of Topliss-reactive ketones (excluding diaryl/α,β-unsaturated/α-hetero) is 1. The molecule has 4 rings (SSSR count). The summed E-state index contributed by atoms with van der Waals surface area (Å²) < 4.78 is 6.20. The Bertz CT molecular complexity index is 903. The number of anilines is 1. The van der Waals surface area contributed by atoms with Crippen LogP contribution in [0.5, 0.6) is 5.75 Å². The van der Waals surface area contributed by atoms with Gasteiger partial charge in [-0.25, -0.2) is 4.98 Å². The van der Waals surface area contributed by atoms with Crippen LogP contribution in [0.15, 0.2) is 18.2 Å². The fourth-order valence-corrected chi connectivity index (χ4v) is 5.55. The summed E-state index contributed by atoms with van der Waals surface area (Å²) in [6.45, 7) is 6.14. The molecule has 0 unspecified atom stereocenters. The van der Waals surface area contributed by atoms with Crippen LogP contribution in [0.1, 0.15) is 40.0 Å². The van der Waals surface area contributed by atoms with E-state index in [9.17, 15) is 9.59 Å². The number of ether oxygens (including phenoxy) is 1. The molecule has 5 nitrogen and oxygen atoms in total. The average molecular weight is 358 g/mol. The van der Waals surface area contributed by atoms with E-state index in [1.165, 1.54) is 11.3 Å². The molecule has 1 heterocycles. The predicted octanol–water partition coefficient (Wildman–Crippen LogP) is 4.03. The van der Waals surface area contributed by atoms with E-state index in [2.05, 4.69) is 24.1 Å². The first-order valence-corrected chi connectivity index (χ1v) is 9.34. The highest BCUT2D eigenvalue weighted by Gasteiger charge is 2.72. The van der Waals surface area contributed by atoms with Crippen LogP contribution in [0.4, 0.5) is 5.13 Å². The van der Waals surface area contributed by atoms with Crippen LogP contribution in [-0.4, -0.2) is 23.8 Å². The molecule has 2 aliphatic rings. The summed E-state index contributed by atoms with van der Waals surface area (Å²) in [6, 6.07) is 5.65. The molecule has 2 saturated carbocycles. The Labute approximate surface area is 150 Å². The predicted molar refractivity (Wildman–Crippen MR) is 98.0 cm³/mol. The summed E-state index contributed by atoms with van der Waals surface area (Å²) in [5.41, 5.74) is -0.544. The van der Waals surface area contributed by atoms with Crippen molar-refractivity contribution in [3.63, 3.8) is 0 Å². The minimum absolute atomic E-state index is 0.0712. The SMILES string of the molecule is COc1ccc2nc(NC(=O)[C@@]34CC[C@@](C)(C(=O)C3)C4(C)C)sc2c1. The van der Waals surface area contributed by atoms with Crippen LogP contribution < -0.4 is 10.1 Å². The van der Waals surface area contributed by atoms with E-state index in [4.69, 9.17) is 4.74 Å². The van der Waals surface area contributed by atoms with Gasteiger partial charge >= 0.3 is 0 Å². The van der Waals surface area contributed by atoms with Crippen LogP contribution >= 0.6 is 11.3 Å². The molecule has 0 aliphatic heterocycles. The van der Waals surface area contributed by atoms with E-state index in [0.29, 0.717) is 11.6 Å². The molecule has 1 aromatic carbocycles. The molecular weight excluding hydrogens is 336 g/mol. The van der Waals surface area contributed by atoms with Crippen LogP contribution in [-0.2, 0) is 9.59 Å². The first-order valence-electron chi connectivity index (χ1n) is 8.53. The van der Waals surface area contributed by atoms with Gasteiger partial charge in [-0.1, -0.05) is 32.1 Å². The minimum atomic E-state index is -0.631. The van der Waals surface area contributed by atoms with E-state index >= 15 is 0 Å². The number of hydrogen-bond acceptors (Lipinski definition) is 5. The van der Waals surface area contributed by atoms with Gasteiger partial charge in [0.15, 0.2) is 5.13 Å². The maximum atomic E-state index is 13.2. The Hall–Kier alpha value is -1.95. The Morgan fingerprint density at radius 3 is 2.64 bits per heavy atom. The quantitative estimate of drug-likeness (QED) is 0.899. The Morgan fingerprint density at radius 2 is 2.04 bits per heavy atom. The van der Waals surface area contributed by atoms with Crippen LogP contribution in [0.3, 0.4) is 0 Å². The third kappa shape index (κ3) is 1.97. The van der Waals surface area contributed by atoms with E-state index in [-0.39, 0.29) is 17.1 Å². The third-order valence-corrected chi connectivity index (χ3v) is 7.89.